The molecule has 0 spiro atoms. The number of benzene rings is 1. The van der Waals surface area contributed by atoms with Crippen molar-refractivity contribution in [1.82, 2.24) is 0 Å². The fraction of sp³-hybridized carbons (Fsp3) is 0.571. The Kier molecular flexibility index (Phi) is 4.72. The molecule has 96 valence electrons. The van der Waals surface area contributed by atoms with Crippen LogP contribution < -0.4 is 10.2 Å². The molecule has 0 aliphatic rings. The van der Waals surface area contributed by atoms with Gasteiger partial charge >= 0.3 is 17.1 Å². The normalized spacial score (nSPS) is 12.1. The molecular formula is C14H20FeO2. The van der Waals surface area contributed by atoms with Gasteiger partial charge in [-0.1, -0.05) is 59.2 Å². The SMILES string of the molecule is CC(C)(C)c1cc([O-])c([O-])c(C(C)(C)C)c1.[Fe+2]. The average molecular weight is 276 g/mol. The molecule has 0 aromatic heterocycles. The molecule has 0 saturated heterocycles. The first-order valence-electron chi connectivity index (χ1n) is 5.56. The Hall–Kier alpha value is -0.661. The monoisotopic (exact) mass is 276 g/mol. The predicted molar refractivity (Wildman–Crippen MR) is 62.7 cm³/mol. The molecule has 0 saturated carbocycles. The van der Waals surface area contributed by atoms with Gasteiger partial charge in [-0.2, -0.15) is 0 Å². The molecule has 0 fully saturated rings. The molecular weight excluding hydrogens is 256 g/mol. The summed E-state index contributed by atoms with van der Waals surface area (Å²) in [5.41, 5.74) is 1.16. The zero-order valence-corrected chi connectivity index (χ0v) is 12.4. The van der Waals surface area contributed by atoms with Crippen molar-refractivity contribution in [3.05, 3.63) is 23.3 Å². The van der Waals surface area contributed by atoms with Crippen molar-refractivity contribution in [2.75, 3.05) is 0 Å². The van der Waals surface area contributed by atoms with Gasteiger partial charge in [0, 0.05) is 0 Å². The van der Waals surface area contributed by atoms with E-state index in [1.165, 1.54) is 6.07 Å². The van der Waals surface area contributed by atoms with Crippen LogP contribution in [0, 0.1) is 0 Å². The van der Waals surface area contributed by atoms with Crippen molar-refractivity contribution in [2.24, 2.45) is 0 Å². The van der Waals surface area contributed by atoms with Crippen LogP contribution in [0.4, 0.5) is 0 Å². The van der Waals surface area contributed by atoms with E-state index in [4.69, 9.17) is 0 Å². The Morgan fingerprint density at radius 3 is 1.65 bits per heavy atom. The van der Waals surface area contributed by atoms with Crippen LogP contribution in [0.25, 0.3) is 0 Å². The van der Waals surface area contributed by atoms with E-state index in [9.17, 15) is 10.2 Å². The van der Waals surface area contributed by atoms with Crippen molar-refractivity contribution in [3.8, 4) is 11.5 Å². The number of hydrogen-bond donors (Lipinski definition) is 0. The number of hydrogen-bond acceptors (Lipinski definition) is 2. The molecule has 1 aromatic carbocycles. The third kappa shape index (κ3) is 3.65. The first kappa shape index (κ1) is 16.3. The minimum absolute atomic E-state index is 0. The summed E-state index contributed by atoms with van der Waals surface area (Å²) in [5.74, 6) is -0.752. The molecule has 1 rings (SSSR count). The summed E-state index contributed by atoms with van der Waals surface area (Å²) in [4.78, 5) is 0. The summed E-state index contributed by atoms with van der Waals surface area (Å²) in [6.45, 7) is 12.0. The second-order valence-electron chi connectivity index (χ2n) is 6.35. The molecule has 0 radical (unpaired) electrons. The van der Waals surface area contributed by atoms with Gasteiger partial charge in [0.15, 0.2) is 0 Å². The van der Waals surface area contributed by atoms with Gasteiger partial charge in [0.25, 0.3) is 0 Å². The van der Waals surface area contributed by atoms with Crippen LogP contribution in [-0.2, 0) is 27.9 Å². The van der Waals surface area contributed by atoms with Crippen molar-refractivity contribution >= 4 is 0 Å². The molecule has 3 heteroatoms. The van der Waals surface area contributed by atoms with E-state index in [1.807, 2.05) is 47.6 Å². The zero-order chi connectivity index (χ0) is 12.7. The molecule has 0 heterocycles. The maximum atomic E-state index is 11.8. The van der Waals surface area contributed by atoms with Crippen LogP contribution in [0.3, 0.4) is 0 Å². The van der Waals surface area contributed by atoms with E-state index >= 15 is 0 Å². The van der Waals surface area contributed by atoms with Gasteiger partial charge in [0.1, 0.15) is 0 Å². The minimum atomic E-state index is -0.391. The van der Waals surface area contributed by atoms with Crippen LogP contribution in [0.1, 0.15) is 52.7 Å². The van der Waals surface area contributed by atoms with Gasteiger partial charge in [-0.15, -0.1) is 11.5 Å². The summed E-state index contributed by atoms with van der Waals surface area (Å²) in [6, 6.07) is 3.35. The van der Waals surface area contributed by atoms with Crippen LogP contribution in [0.15, 0.2) is 12.1 Å². The van der Waals surface area contributed by atoms with Gasteiger partial charge in [0.05, 0.1) is 0 Å². The second-order valence-corrected chi connectivity index (χ2v) is 6.35. The van der Waals surface area contributed by atoms with Gasteiger partial charge in [-0.25, -0.2) is 0 Å². The van der Waals surface area contributed by atoms with Crippen LogP contribution in [-0.4, -0.2) is 0 Å². The van der Waals surface area contributed by atoms with Gasteiger partial charge in [0.2, 0.25) is 0 Å². The molecule has 0 atom stereocenters. The second kappa shape index (κ2) is 4.91. The van der Waals surface area contributed by atoms with Crippen molar-refractivity contribution in [1.29, 1.82) is 0 Å². The van der Waals surface area contributed by atoms with E-state index in [0.29, 0.717) is 5.56 Å². The van der Waals surface area contributed by atoms with Crippen LogP contribution in [0.5, 0.6) is 11.5 Å². The molecule has 0 unspecified atom stereocenters. The Morgan fingerprint density at radius 1 is 0.824 bits per heavy atom. The topological polar surface area (TPSA) is 46.1 Å². The van der Waals surface area contributed by atoms with Gasteiger partial charge in [-0.05, 0) is 16.4 Å². The molecule has 17 heavy (non-hydrogen) atoms. The molecule has 0 aliphatic carbocycles. The molecule has 0 amide bonds. The van der Waals surface area contributed by atoms with E-state index in [2.05, 4.69) is 0 Å². The van der Waals surface area contributed by atoms with Crippen molar-refractivity contribution < 1.29 is 27.3 Å². The standard InChI is InChI=1S/C14H22O2.Fe/c1-13(2,3)9-7-10(14(4,5)6)12(16)11(15)8-9;/h7-8,15-16H,1-6H3;/q;+2/p-2. The summed E-state index contributed by atoms with van der Waals surface area (Å²) in [7, 11) is 0. The Morgan fingerprint density at radius 2 is 1.29 bits per heavy atom. The third-order valence-corrected chi connectivity index (χ3v) is 2.73. The maximum Gasteiger partial charge on any atom is 2.00 e. The largest absolute Gasteiger partial charge is 2.00 e. The molecule has 0 aliphatic heterocycles. The smallest absolute Gasteiger partial charge is 0.873 e. The van der Waals surface area contributed by atoms with E-state index < -0.39 is 5.75 Å². The zero-order valence-electron chi connectivity index (χ0n) is 11.3. The Bertz CT molecular complexity index is 398. The van der Waals surface area contributed by atoms with E-state index in [0.717, 1.165) is 5.56 Å². The fourth-order valence-corrected chi connectivity index (χ4v) is 1.59. The first-order chi connectivity index (χ1) is 7.03. The summed E-state index contributed by atoms with van der Waals surface area (Å²) in [6.07, 6.45) is 0. The van der Waals surface area contributed by atoms with Crippen LogP contribution >= 0.6 is 0 Å². The molecule has 2 nitrogen and oxygen atoms in total. The van der Waals surface area contributed by atoms with E-state index in [-0.39, 0.29) is 33.6 Å². The van der Waals surface area contributed by atoms with Gasteiger partial charge in [-0.3, -0.25) is 0 Å². The number of rotatable bonds is 0. The fourth-order valence-electron chi connectivity index (χ4n) is 1.59. The Labute approximate surface area is 115 Å². The first-order valence-corrected chi connectivity index (χ1v) is 5.56. The quantitative estimate of drug-likeness (QED) is 0.683. The molecule has 0 N–H and O–H groups in total. The van der Waals surface area contributed by atoms with Crippen LogP contribution in [0.2, 0.25) is 0 Å². The maximum absolute atomic E-state index is 11.8. The average Bonchev–Trinajstić information content (AvgIpc) is 2.05. The minimum Gasteiger partial charge on any atom is -0.873 e. The summed E-state index contributed by atoms with van der Waals surface area (Å²) < 4.78 is 0. The summed E-state index contributed by atoms with van der Waals surface area (Å²) >= 11 is 0. The van der Waals surface area contributed by atoms with E-state index in [1.54, 1.807) is 0 Å². The van der Waals surface area contributed by atoms with Gasteiger partial charge < -0.3 is 10.2 Å². The predicted octanol–water partition coefficient (Wildman–Crippen LogP) is 2.43. The third-order valence-electron chi connectivity index (χ3n) is 2.73. The Balaban J connectivity index is 0.00000256. The van der Waals surface area contributed by atoms with Crippen molar-refractivity contribution in [3.63, 3.8) is 0 Å². The molecule has 0 bridgehead atoms. The summed E-state index contributed by atoms with van der Waals surface area (Å²) in [5, 5.41) is 23.4. The molecule has 1 aromatic rings. The van der Waals surface area contributed by atoms with Crippen molar-refractivity contribution in [2.45, 2.75) is 52.4 Å².